The number of rotatable bonds is 6. The zero-order chi connectivity index (χ0) is 18.8. The second-order valence-electron chi connectivity index (χ2n) is 6.97. The van der Waals surface area contributed by atoms with E-state index in [1.165, 1.54) is 35.8 Å². The first-order valence-corrected chi connectivity index (χ1v) is 10.2. The predicted molar refractivity (Wildman–Crippen MR) is 109 cm³/mol. The number of carbonyl (C=O) groups excluding carboxylic acids is 1. The third-order valence-electron chi connectivity index (χ3n) is 4.92. The maximum absolute atomic E-state index is 13.8. The van der Waals surface area contributed by atoms with E-state index in [0.29, 0.717) is 18.6 Å². The number of anilines is 2. The molecule has 140 valence electrons. The number of para-hydroxylation sites is 1. The molecule has 3 aromatic rings. The van der Waals surface area contributed by atoms with E-state index in [4.69, 9.17) is 0 Å². The largest absolute Gasteiger partial charge is 0.346 e. The third-order valence-corrected chi connectivity index (χ3v) is 6.00. The van der Waals surface area contributed by atoms with E-state index in [9.17, 15) is 9.18 Å². The van der Waals surface area contributed by atoms with Gasteiger partial charge >= 0.3 is 0 Å². The van der Waals surface area contributed by atoms with Crippen LogP contribution in [-0.4, -0.2) is 24.0 Å². The molecular weight excluding hydrogens is 361 g/mol. The van der Waals surface area contributed by atoms with Crippen molar-refractivity contribution in [1.29, 1.82) is 0 Å². The van der Waals surface area contributed by atoms with Gasteiger partial charge in [0, 0.05) is 18.8 Å². The minimum atomic E-state index is -0.299. The van der Waals surface area contributed by atoms with Crippen molar-refractivity contribution in [3.63, 3.8) is 0 Å². The molecule has 0 aliphatic carbocycles. The zero-order valence-corrected chi connectivity index (χ0v) is 16.1. The van der Waals surface area contributed by atoms with Gasteiger partial charge in [-0.1, -0.05) is 42.9 Å². The second-order valence-corrected chi connectivity index (χ2v) is 7.98. The number of carbonyl (C=O) groups is 1. The summed E-state index contributed by atoms with van der Waals surface area (Å²) in [4.78, 5) is 18.9. The van der Waals surface area contributed by atoms with Gasteiger partial charge < -0.3 is 10.2 Å². The molecule has 6 heteroatoms. The van der Waals surface area contributed by atoms with Gasteiger partial charge in [-0.05, 0) is 42.7 Å². The monoisotopic (exact) mass is 383 g/mol. The summed E-state index contributed by atoms with van der Waals surface area (Å²) in [5.41, 5.74) is 2.54. The molecule has 2 heterocycles. The van der Waals surface area contributed by atoms with Crippen molar-refractivity contribution in [3.05, 3.63) is 53.8 Å². The molecule has 1 amide bonds. The van der Waals surface area contributed by atoms with Crippen LogP contribution in [0.3, 0.4) is 0 Å². The van der Waals surface area contributed by atoms with Crippen molar-refractivity contribution in [3.8, 4) is 0 Å². The molecule has 27 heavy (non-hydrogen) atoms. The van der Waals surface area contributed by atoms with Gasteiger partial charge in [0.05, 0.1) is 10.6 Å². The van der Waals surface area contributed by atoms with Gasteiger partial charge in [0.15, 0.2) is 5.13 Å². The molecule has 4 rings (SSSR count). The lowest BCUT2D eigenvalue weighted by Gasteiger charge is -2.37. The highest BCUT2D eigenvalue weighted by atomic mass is 32.1. The van der Waals surface area contributed by atoms with Crippen LogP contribution in [0.2, 0.25) is 0 Å². The Kier molecular flexibility index (Phi) is 5.07. The summed E-state index contributed by atoms with van der Waals surface area (Å²) in [5.74, 6) is -0.339. The molecule has 4 nitrogen and oxygen atoms in total. The molecule has 1 N–H and O–H groups in total. The molecule has 1 saturated heterocycles. The van der Waals surface area contributed by atoms with E-state index >= 15 is 0 Å². The molecule has 2 aromatic carbocycles. The van der Waals surface area contributed by atoms with Crippen LogP contribution in [0.4, 0.5) is 15.2 Å². The van der Waals surface area contributed by atoms with E-state index in [2.05, 4.69) is 29.4 Å². The van der Waals surface area contributed by atoms with Crippen LogP contribution in [-0.2, 0) is 11.2 Å². The molecule has 1 fully saturated rings. The summed E-state index contributed by atoms with van der Waals surface area (Å²) in [5, 5.41) is 3.77. The molecule has 1 aromatic heterocycles. The Balaban J connectivity index is 1.33. The van der Waals surface area contributed by atoms with Gasteiger partial charge in [0.2, 0.25) is 5.91 Å². The molecule has 0 bridgehead atoms. The van der Waals surface area contributed by atoms with Crippen LogP contribution in [0.25, 0.3) is 10.2 Å². The first-order valence-electron chi connectivity index (χ1n) is 9.34. The molecule has 0 spiro atoms. The Morgan fingerprint density at radius 2 is 2.04 bits per heavy atom. The van der Waals surface area contributed by atoms with Crippen LogP contribution in [0.1, 0.15) is 25.3 Å². The topological polar surface area (TPSA) is 45.2 Å². The molecule has 0 unspecified atom stereocenters. The summed E-state index contributed by atoms with van der Waals surface area (Å²) in [6.45, 7) is 3.41. The maximum Gasteiger partial charge on any atom is 0.231 e. The number of nitrogens with zero attached hydrogens (tertiary/aromatic N) is 2. The van der Waals surface area contributed by atoms with Crippen molar-refractivity contribution in [2.75, 3.05) is 23.3 Å². The number of halogens is 1. The molecule has 0 radical (unpaired) electrons. The zero-order valence-electron chi connectivity index (χ0n) is 15.2. The van der Waals surface area contributed by atoms with E-state index < -0.39 is 0 Å². The van der Waals surface area contributed by atoms with Gasteiger partial charge in [-0.3, -0.25) is 4.79 Å². The van der Waals surface area contributed by atoms with Crippen LogP contribution in [0, 0.1) is 11.7 Å². The Morgan fingerprint density at radius 1 is 1.26 bits per heavy atom. The second kappa shape index (κ2) is 7.64. The predicted octanol–water partition coefficient (Wildman–Crippen LogP) is 4.85. The van der Waals surface area contributed by atoms with Gasteiger partial charge in [-0.25, -0.2) is 9.37 Å². The Labute approximate surface area is 162 Å². The third kappa shape index (κ3) is 3.81. The molecular formula is C21H22FN3OS. The van der Waals surface area contributed by atoms with Crippen molar-refractivity contribution in [2.24, 2.45) is 5.92 Å². The average molecular weight is 383 g/mol. The fourth-order valence-corrected chi connectivity index (χ4v) is 4.22. The van der Waals surface area contributed by atoms with E-state index in [1.807, 2.05) is 23.1 Å². The first-order chi connectivity index (χ1) is 13.1. The number of fused-ring (bicyclic) bond motifs is 1. The van der Waals surface area contributed by atoms with Crippen LogP contribution < -0.4 is 10.2 Å². The number of hydrogen-bond donors (Lipinski definition) is 1. The minimum absolute atomic E-state index is 0.0276. The fourth-order valence-electron chi connectivity index (χ4n) is 3.22. The van der Waals surface area contributed by atoms with E-state index in [1.54, 1.807) is 6.07 Å². The number of unbranched alkanes of at least 4 members (excludes halogenated alkanes) is 1. The number of aryl methyl sites for hydroxylation is 1. The fraction of sp³-hybridized carbons (Fsp3) is 0.333. The Bertz CT molecular complexity index is 948. The van der Waals surface area contributed by atoms with E-state index in [-0.39, 0.29) is 17.6 Å². The standard InChI is InChI=1S/C21H22FN3OS/c1-2-3-5-14-8-10-16(11-9-14)23-20(26)15-12-25(13-15)21-24-19-17(22)6-4-7-18(19)27-21/h4,6-11,15H,2-3,5,12-13H2,1H3,(H,23,26). The highest BCUT2D eigenvalue weighted by Crippen LogP contribution is 2.34. The van der Waals surface area contributed by atoms with Gasteiger partial charge in [-0.15, -0.1) is 0 Å². The number of amides is 1. The van der Waals surface area contributed by atoms with Crippen LogP contribution >= 0.6 is 11.3 Å². The first kappa shape index (κ1) is 17.9. The maximum atomic E-state index is 13.8. The normalized spacial score (nSPS) is 14.4. The highest BCUT2D eigenvalue weighted by molar-refractivity contribution is 7.22. The van der Waals surface area contributed by atoms with Crippen molar-refractivity contribution in [2.45, 2.75) is 26.2 Å². The van der Waals surface area contributed by atoms with Crippen LogP contribution in [0.15, 0.2) is 42.5 Å². The number of nitrogens with one attached hydrogen (secondary N) is 1. The smallest absolute Gasteiger partial charge is 0.231 e. The average Bonchev–Trinajstić information content (AvgIpc) is 3.05. The number of aromatic nitrogens is 1. The summed E-state index contributed by atoms with van der Waals surface area (Å²) in [6, 6.07) is 13.1. The molecule has 0 saturated carbocycles. The molecule has 0 atom stereocenters. The number of benzene rings is 2. The number of hydrogen-bond acceptors (Lipinski definition) is 4. The van der Waals surface area contributed by atoms with Crippen molar-refractivity contribution >= 4 is 38.3 Å². The summed E-state index contributed by atoms with van der Waals surface area (Å²) >= 11 is 1.46. The van der Waals surface area contributed by atoms with Gasteiger partial charge in [0.1, 0.15) is 11.3 Å². The lowest BCUT2D eigenvalue weighted by atomic mass is 10.00. The lowest BCUT2D eigenvalue weighted by molar-refractivity contribution is -0.120. The summed E-state index contributed by atoms with van der Waals surface area (Å²) in [6.07, 6.45) is 3.43. The quantitative estimate of drug-likeness (QED) is 0.662. The SMILES string of the molecule is CCCCc1ccc(NC(=O)C2CN(c3nc4c(F)cccc4s3)C2)cc1. The minimum Gasteiger partial charge on any atom is -0.346 e. The summed E-state index contributed by atoms with van der Waals surface area (Å²) < 4.78 is 14.6. The Morgan fingerprint density at radius 3 is 2.74 bits per heavy atom. The van der Waals surface area contributed by atoms with Crippen LogP contribution in [0.5, 0.6) is 0 Å². The molecule has 1 aliphatic rings. The number of thiazole rings is 1. The van der Waals surface area contributed by atoms with Gasteiger partial charge in [-0.2, -0.15) is 0 Å². The molecule has 1 aliphatic heterocycles. The van der Waals surface area contributed by atoms with Crippen molar-refractivity contribution < 1.29 is 9.18 Å². The van der Waals surface area contributed by atoms with Gasteiger partial charge in [0.25, 0.3) is 0 Å². The Hall–Kier alpha value is -2.47. The lowest BCUT2D eigenvalue weighted by Crippen LogP contribution is -2.52. The van der Waals surface area contributed by atoms with Crippen molar-refractivity contribution in [1.82, 2.24) is 4.98 Å². The highest BCUT2D eigenvalue weighted by Gasteiger charge is 2.34. The summed E-state index contributed by atoms with van der Waals surface area (Å²) in [7, 11) is 0. The van der Waals surface area contributed by atoms with E-state index in [0.717, 1.165) is 21.9 Å².